The van der Waals surface area contributed by atoms with Gasteiger partial charge in [-0.2, -0.15) is 0 Å². The zero-order valence-electron chi connectivity index (χ0n) is 12.0. The molecule has 1 amide bonds. The molecular formula is C15H23N3O2. The van der Waals surface area contributed by atoms with Gasteiger partial charge in [0.2, 0.25) is 0 Å². The van der Waals surface area contributed by atoms with Crippen molar-refractivity contribution >= 4 is 5.91 Å². The molecule has 0 spiro atoms. The van der Waals surface area contributed by atoms with Gasteiger partial charge in [0.25, 0.3) is 5.91 Å². The molecule has 0 saturated heterocycles. The Morgan fingerprint density at radius 1 is 1.45 bits per heavy atom. The number of aromatic nitrogens is 1. The molecular weight excluding hydrogens is 254 g/mol. The summed E-state index contributed by atoms with van der Waals surface area (Å²) in [5.41, 5.74) is 6.48. The molecule has 0 atom stereocenters. The van der Waals surface area contributed by atoms with Crippen LogP contribution >= 0.6 is 0 Å². The van der Waals surface area contributed by atoms with E-state index in [-0.39, 0.29) is 11.4 Å². The summed E-state index contributed by atoms with van der Waals surface area (Å²) in [5.74, 6) is 0.467. The Hall–Kier alpha value is -1.62. The number of nitrogens with two attached hydrogens (primary N) is 1. The summed E-state index contributed by atoms with van der Waals surface area (Å²) >= 11 is 0. The van der Waals surface area contributed by atoms with Crippen molar-refractivity contribution in [2.75, 3.05) is 13.2 Å². The summed E-state index contributed by atoms with van der Waals surface area (Å²) in [6, 6.07) is 3.42. The molecule has 20 heavy (non-hydrogen) atoms. The highest BCUT2D eigenvalue weighted by atomic mass is 16.5. The average Bonchev–Trinajstić information content (AvgIpc) is 2.47. The van der Waals surface area contributed by atoms with E-state index in [9.17, 15) is 4.79 Å². The van der Waals surface area contributed by atoms with Crippen molar-refractivity contribution in [3.63, 3.8) is 0 Å². The predicted octanol–water partition coefficient (Wildman–Crippen LogP) is 1.87. The van der Waals surface area contributed by atoms with Gasteiger partial charge in [0.15, 0.2) is 0 Å². The van der Waals surface area contributed by atoms with Crippen LogP contribution in [0.15, 0.2) is 18.3 Å². The van der Waals surface area contributed by atoms with E-state index in [1.54, 1.807) is 18.3 Å². The Morgan fingerprint density at radius 3 is 2.90 bits per heavy atom. The third-order valence-corrected chi connectivity index (χ3v) is 3.68. The number of carbonyl (C=O) groups excluding carboxylic acids is 1. The topological polar surface area (TPSA) is 77.2 Å². The van der Waals surface area contributed by atoms with E-state index in [0.29, 0.717) is 24.6 Å². The smallest absolute Gasteiger partial charge is 0.270 e. The van der Waals surface area contributed by atoms with Crippen molar-refractivity contribution in [1.29, 1.82) is 0 Å². The van der Waals surface area contributed by atoms with Crippen molar-refractivity contribution in [2.45, 2.75) is 44.6 Å². The second-order valence-corrected chi connectivity index (χ2v) is 5.45. The highest BCUT2D eigenvalue weighted by Gasteiger charge is 2.28. The van der Waals surface area contributed by atoms with Crippen LogP contribution < -0.4 is 15.8 Å². The van der Waals surface area contributed by atoms with Crippen LogP contribution in [0.2, 0.25) is 0 Å². The minimum absolute atomic E-state index is 0.182. The Bertz CT molecular complexity index is 456. The number of carbonyl (C=O) groups is 1. The number of rotatable bonds is 5. The quantitative estimate of drug-likeness (QED) is 0.861. The lowest BCUT2D eigenvalue weighted by Gasteiger charge is -2.33. The van der Waals surface area contributed by atoms with Crippen LogP contribution in [0.25, 0.3) is 0 Å². The number of hydrogen-bond donors (Lipinski definition) is 2. The van der Waals surface area contributed by atoms with E-state index in [2.05, 4.69) is 10.3 Å². The highest BCUT2D eigenvalue weighted by Crippen LogP contribution is 2.26. The van der Waals surface area contributed by atoms with Crippen molar-refractivity contribution in [3.8, 4) is 5.75 Å². The first-order valence-electron chi connectivity index (χ1n) is 7.29. The first-order valence-corrected chi connectivity index (χ1v) is 7.29. The summed E-state index contributed by atoms with van der Waals surface area (Å²) in [5, 5.41) is 2.72. The van der Waals surface area contributed by atoms with E-state index in [1.807, 2.05) is 6.92 Å². The van der Waals surface area contributed by atoms with E-state index < -0.39 is 0 Å². The molecule has 0 unspecified atom stereocenters. The Balaban J connectivity index is 1.95. The van der Waals surface area contributed by atoms with Crippen LogP contribution in [0.1, 0.15) is 49.5 Å². The lowest BCUT2D eigenvalue weighted by molar-refractivity contribution is 0.0950. The van der Waals surface area contributed by atoms with Crippen molar-refractivity contribution in [2.24, 2.45) is 5.73 Å². The van der Waals surface area contributed by atoms with Crippen molar-refractivity contribution < 1.29 is 9.53 Å². The SMILES string of the molecule is CCNC(=O)c1cc(OCC2(N)CCCCC2)ccn1. The maximum absolute atomic E-state index is 11.7. The molecule has 1 aliphatic rings. The van der Waals surface area contributed by atoms with Gasteiger partial charge in [0.05, 0.1) is 5.54 Å². The minimum Gasteiger partial charge on any atom is -0.492 e. The molecule has 2 rings (SSSR count). The molecule has 1 aliphatic carbocycles. The minimum atomic E-state index is -0.229. The van der Waals surface area contributed by atoms with Crippen LogP contribution in [0.5, 0.6) is 5.75 Å². The second kappa shape index (κ2) is 6.70. The van der Waals surface area contributed by atoms with Gasteiger partial charge in [-0.3, -0.25) is 9.78 Å². The molecule has 1 heterocycles. The van der Waals surface area contributed by atoms with E-state index in [0.717, 1.165) is 12.8 Å². The second-order valence-electron chi connectivity index (χ2n) is 5.45. The molecule has 1 aromatic rings. The number of pyridine rings is 1. The van der Waals surface area contributed by atoms with Gasteiger partial charge in [0, 0.05) is 18.8 Å². The molecule has 1 fully saturated rings. The van der Waals surface area contributed by atoms with E-state index >= 15 is 0 Å². The molecule has 1 saturated carbocycles. The molecule has 0 radical (unpaired) electrons. The molecule has 0 aromatic carbocycles. The molecule has 0 bridgehead atoms. The average molecular weight is 277 g/mol. The highest BCUT2D eigenvalue weighted by molar-refractivity contribution is 5.92. The fourth-order valence-electron chi connectivity index (χ4n) is 2.50. The van der Waals surface area contributed by atoms with Gasteiger partial charge in [0.1, 0.15) is 18.1 Å². The van der Waals surface area contributed by atoms with Crippen molar-refractivity contribution in [1.82, 2.24) is 10.3 Å². The van der Waals surface area contributed by atoms with Crippen LogP contribution in [-0.2, 0) is 0 Å². The molecule has 3 N–H and O–H groups in total. The van der Waals surface area contributed by atoms with Gasteiger partial charge in [-0.25, -0.2) is 0 Å². The van der Waals surface area contributed by atoms with Gasteiger partial charge < -0.3 is 15.8 Å². The molecule has 1 aromatic heterocycles. The summed E-state index contributed by atoms with van der Waals surface area (Å²) in [7, 11) is 0. The number of ether oxygens (including phenoxy) is 1. The fourth-order valence-corrected chi connectivity index (χ4v) is 2.50. The largest absolute Gasteiger partial charge is 0.492 e. The number of nitrogens with one attached hydrogen (secondary N) is 1. The Labute approximate surface area is 119 Å². The van der Waals surface area contributed by atoms with Crippen LogP contribution in [-0.4, -0.2) is 29.6 Å². The van der Waals surface area contributed by atoms with Gasteiger partial charge in [-0.1, -0.05) is 19.3 Å². The summed E-state index contributed by atoms with van der Waals surface area (Å²) < 4.78 is 5.77. The fraction of sp³-hybridized carbons (Fsp3) is 0.600. The maximum atomic E-state index is 11.7. The first kappa shape index (κ1) is 14.8. The van der Waals surface area contributed by atoms with Crippen molar-refractivity contribution in [3.05, 3.63) is 24.0 Å². The van der Waals surface area contributed by atoms with Crippen LogP contribution in [0.4, 0.5) is 0 Å². The number of nitrogens with zero attached hydrogens (tertiary/aromatic N) is 1. The Morgan fingerprint density at radius 2 is 2.20 bits per heavy atom. The standard InChI is InChI=1S/C15H23N3O2/c1-2-17-14(19)13-10-12(6-9-18-13)20-11-15(16)7-4-3-5-8-15/h6,9-10H,2-5,7-8,11,16H2,1H3,(H,17,19). The molecule has 110 valence electrons. The van der Waals surface area contributed by atoms with Gasteiger partial charge in [-0.15, -0.1) is 0 Å². The summed E-state index contributed by atoms with van der Waals surface area (Å²) in [6.45, 7) is 2.95. The number of amides is 1. The molecule has 5 nitrogen and oxygen atoms in total. The van der Waals surface area contributed by atoms with Gasteiger partial charge in [-0.05, 0) is 25.8 Å². The monoisotopic (exact) mass is 277 g/mol. The lowest BCUT2D eigenvalue weighted by Crippen LogP contribution is -2.47. The molecule has 0 aliphatic heterocycles. The van der Waals surface area contributed by atoms with Crippen LogP contribution in [0.3, 0.4) is 0 Å². The zero-order valence-corrected chi connectivity index (χ0v) is 12.0. The third kappa shape index (κ3) is 3.93. The van der Waals surface area contributed by atoms with Crippen LogP contribution in [0, 0.1) is 0 Å². The first-order chi connectivity index (χ1) is 9.63. The summed E-state index contributed by atoms with van der Waals surface area (Å²) in [6.07, 6.45) is 7.18. The van der Waals surface area contributed by atoms with E-state index in [1.165, 1.54) is 19.3 Å². The maximum Gasteiger partial charge on any atom is 0.270 e. The lowest BCUT2D eigenvalue weighted by atomic mass is 9.83. The molecule has 5 heteroatoms. The predicted molar refractivity (Wildman–Crippen MR) is 77.7 cm³/mol. The van der Waals surface area contributed by atoms with Gasteiger partial charge >= 0.3 is 0 Å². The normalized spacial score (nSPS) is 17.5. The summed E-state index contributed by atoms with van der Waals surface area (Å²) in [4.78, 5) is 15.8. The zero-order chi connectivity index (χ0) is 14.4. The third-order valence-electron chi connectivity index (χ3n) is 3.68. The Kier molecular flexibility index (Phi) is 4.95. The van der Waals surface area contributed by atoms with E-state index in [4.69, 9.17) is 10.5 Å². The number of hydrogen-bond acceptors (Lipinski definition) is 4.